The van der Waals surface area contributed by atoms with Crippen molar-refractivity contribution < 1.29 is 0 Å². The number of rotatable bonds is 1. The Morgan fingerprint density at radius 1 is 1.33 bits per heavy atom. The van der Waals surface area contributed by atoms with Gasteiger partial charge in [-0.1, -0.05) is 22.4 Å². The molecule has 1 N–H and O–H groups in total. The van der Waals surface area contributed by atoms with Gasteiger partial charge in [-0.2, -0.15) is 0 Å². The first-order valence-electron chi connectivity index (χ1n) is 6.60. The topological polar surface area (TPSA) is 24.9 Å². The average molecular weight is 323 g/mol. The van der Waals surface area contributed by atoms with Gasteiger partial charge in [0.15, 0.2) is 0 Å². The van der Waals surface area contributed by atoms with Gasteiger partial charge in [-0.25, -0.2) is 4.98 Å². The molecule has 18 heavy (non-hydrogen) atoms. The normalized spacial score (nSPS) is 31.1. The molecule has 2 aliphatic rings. The summed E-state index contributed by atoms with van der Waals surface area (Å²) < 4.78 is 2.44. The van der Waals surface area contributed by atoms with E-state index in [1.165, 1.54) is 35.5 Å². The highest BCUT2D eigenvalue weighted by molar-refractivity contribution is 9.10. The van der Waals surface area contributed by atoms with Crippen LogP contribution in [0.15, 0.2) is 22.7 Å². The number of aromatic nitrogens is 1. The van der Waals surface area contributed by atoms with Gasteiger partial charge in [0.25, 0.3) is 0 Å². The van der Waals surface area contributed by atoms with Crippen molar-refractivity contribution in [3.05, 3.63) is 27.7 Å². The molecular formula is C14H15BrN2S. The van der Waals surface area contributed by atoms with Gasteiger partial charge in [-0.15, -0.1) is 11.3 Å². The van der Waals surface area contributed by atoms with Crippen LogP contribution in [0.1, 0.15) is 30.3 Å². The predicted molar refractivity (Wildman–Crippen MR) is 78.9 cm³/mol. The van der Waals surface area contributed by atoms with Gasteiger partial charge in [0, 0.05) is 4.47 Å². The molecule has 1 saturated carbocycles. The minimum Gasteiger partial charge on any atom is -0.307 e. The van der Waals surface area contributed by atoms with Crippen LogP contribution in [0.25, 0.3) is 10.2 Å². The molecule has 0 amide bonds. The molecule has 1 aliphatic carbocycles. The second kappa shape index (κ2) is 4.29. The van der Waals surface area contributed by atoms with E-state index in [2.05, 4.69) is 39.4 Å². The number of hydrogen-bond acceptors (Lipinski definition) is 3. The summed E-state index contributed by atoms with van der Waals surface area (Å²) in [7, 11) is 0. The van der Waals surface area contributed by atoms with Crippen LogP contribution in [0.5, 0.6) is 0 Å². The molecule has 94 valence electrons. The average Bonchev–Trinajstić information content (AvgIpc) is 3.00. The molecule has 1 saturated heterocycles. The number of nitrogens with one attached hydrogen (secondary N) is 1. The lowest BCUT2D eigenvalue weighted by atomic mass is 9.94. The van der Waals surface area contributed by atoms with Crippen molar-refractivity contribution in [1.82, 2.24) is 10.3 Å². The molecule has 1 aromatic heterocycles. The maximum Gasteiger partial charge on any atom is 0.111 e. The van der Waals surface area contributed by atoms with Crippen LogP contribution in [-0.4, -0.2) is 11.5 Å². The molecule has 3 atom stereocenters. The van der Waals surface area contributed by atoms with Crippen molar-refractivity contribution in [2.24, 2.45) is 11.8 Å². The van der Waals surface area contributed by atoms with E-state index < -0.39 is 0 Å². The Labute approximate surface area is 119 Å². The molecular weight excluding hydrogens is 308 g/mol. The van der Waals surface area contributed by atoms with Crippen LogP contribution in [0.3, 0.4) is 0 Å². The van der Waals surface area contributed by atoms with Crippen LogP contribution in [0, 0.1) is 11.8 Å². The molecule has 1 aromatic carbocycles. The Morgan fingerprint density at radius 3 is 3.22 bits per heavy atom. The Morgan fingerprint density at radius 2 is 2.28 bits per heavy atom. The fourth-order valence-corrected chi connectivity index (χ4v) is 5.18. The van der Waals surface area contributed by atoms with E-state index in [1.54, 1.807) is 0 Å². The Balaban J connectivity index is 1.74. The zero-order valence-electron chi connectivity index (χ0n) is 10.0. The lowest BCUT2D eigenvalue weighted by Crippen LogP contribution is -2.17. The van der Waals surface area contributed by atoms with E-state index in [0.717, 1.165) is 21.8 Å². The van der Waals surface area contributed by atoms with Crippen molar-refractivity contribution >= 4 is 37.5 Å². The lowest BCUT2D eigenvalue weighted by Gasteiger charge is -2.14. The van der Waals surface area contributed by atoms with Crippen LogP contribution < -0.4 is 5.32 Å². The maximum absolute atomic E-state index is 4.83. The van der Waals surface area contributed by atoms with Crippen LogP contribution in [0.4, 0.5) is 0 Å². The van der Waals surface area contributed by atoms with Crippen molar-refractivity contribution in [1.29, 1.82) is 0 Å². The van der Waals surface area contributed by atoms with Crippen LogP contribution in [0.2, 0.25) is 0 Å². The van der Waals surface area contributed by atoms with Gasteiger partial charge >= 0.3 is 0 Å². The fraction of sp³-hybridized carbons (Fsp3) is 0.500. The first-order valence-corrected chi connectivity index (χ1v) is 8.21. The number of benzene rings is 1. The van der Waals surface area contributed by atoms with Gasteiger partial charge < -0.3 is 5.32 Å². The van der Waals surface area contributed by atoms with Crippen LogP contribution in [-0.2, 0) is 0 Å². The fourth-order valence-electron chi connectivity index (χ4n) is 3.51. The minimum absolute atomic E-state index is 0.508. The maximum atomic E-state index is 4.83. The van der Waals surface area contributed by atoms with E-state index in [9.17, 15) is 0 Å². The quantitative estimate of drug-likeness (QED) is 0.854. The summed E-state index contributed by atoms with van der Waals surface area (Å²) in [5, 5.41) is 4.98. The molecule has 2 heterocycles. The zero-order chi connectivity index (χ0) is 12.1. The van der Waals surface area contributed by atoms with E-state index in [1.807, 2.05) is 11.3 Å². The summed E-state index contributed by atoms with van der Waals surface area (Å²) in [4.78, 5) is 4.83. The zero-order valence-corrected chi connectivity index (χ0v) is 12.4. The Kier molecular flexibility index (Phi) is 2.71. The molecule has 3 unspecified atom stereocenters. The van der Waals surface area contributed by atoms with Gasteiger partial charge in [-0.05, 0) is 49.4 Å². The highest BCUT2D eigenvalue weighted by Gasteiger charge is 2.40. The highest BCUT2D eigenvalue weighted by Crippen LogP contribution is 2.45. The molecule has 2 nitrogen and oxygen atoms in total. The molecule has 0 bridgehead atoms. The molecule has 4 rings (SSSR count). The summed E-state index contributed by atoms with van der Waals surface area (Å²) in [6, 6.07) is 6.87. The van der Waals surface area contributed by atoms with Crippen molar-refractivity contribution in [3.8, 4) is 0 Å². The summed E-state index contributed by atoms with van der Waals surface area (Å²) in [6.45, 7) is 1.19. The molecule has 0 spiro atoms. The molecule has 2 aromatic rings. The lowest BCUT2D eigenvalue weighted by molar-refractivity contribution is 0.421. The van der Waals surface area contributed by atoms with Crippen molar-refractivity contribution in [2.75, 3.05) is 6.54 Å². The Bertz CT molecular complexity index is 594. The van der Waals surface area contributed by atoms with E-state index in [0.29, 0.717) is 6.04 Å². The number of hydrogen-bond donors (Lipinski definition) is 1. The third kappa shape index (κ3) is 1.74. The molecule has 2 fully saturated rings. The van der Waals surface area contributed by atoms with E-state index in [-0.39, 0.29) is 0 Å². The third-order valence-electron chi connectivity index (χ3n) is 4.38. The second-order valence-corrected chi connectivity index (χ2v) is 7.38. The van der Waals surface area contributed by atoms with Gasteiger partial charge in [0.05, 0.1) is 16.3 Å². The van der Waals surface area contributed by atoms with Gasteiger partial charge in [-0.3, -0.25) is 0 Å². The molecule has 0 radical (unpaired) electrons. The number of thiazole rings is 1. The monoisotopic (exact) mass is 322 g/mol. The summed E-state index contributed by atoms with van der Waals surface area (Å²) in [5.41, 5.74) is 1.14. The van der Waals surface area contributed by atoms with E-state index >= 15 is 0 Å². The first-order chi connectivity index (χ1) is 8.81. The van der Waals surface area contributed by atoms with Crippen molar-refractivity contribution in [2.45, 2.75) is 25.3 Å². The van der Waals surface area contributed by atoms with E-state index in [4.69, 9.17) is 4.98 Å². The first kappa shape index (κ1) is 11.4. The van der Waals surface area contributed by atoms with Gasteiger partial charge in [0.2, 0.25) is 0 Å². The van der Waals surface area contributed by atoms with Gasteiger partial charge in [0.1, 0.15) is 5.01 Å². The minimum atomic E-state index is 0.508. The summed E-state index contributed by atoms with van der Waals surface area (Å²) in [5.74, 6) is 1.72. The molecule has 1 aliphatic heterocycles. The standard InChI is InChI=1S/C14H15BrN2S/c15-9-4-5-11-12(6-9)18-14(17-11)13-10-3-1-2-8(10)7-16-13/h4-6,8,10,13,16H,1-3,7H2. The summed E-state index contributed by atoms with van der Waals surface area (Å²) >= 11 is 5.39. The SMILES string of the molecule is Brc1ccc2nc(C3NCC4CCCC43)sc2c1. The number of nitrogens with zero attached hydrogens (tertiary/aromatic N) is 1. The molecule has 4 heteroatoms. The predicted octanol–water partition coefficient (Wildman–Crippen LogP) is 4.12. The van der Waals surface area contributed by atoms with Crippen LogP contribution >= 0.6 is 27.3 Å². The summed E-state index contributed by atoms with van der Waals surface area (Å²) in [6.07, 6.45) is 4.19. The Hall–Kier alpha value is -0.450. The second-order valence-electron chi connectivity index (χ2n) is 5.40. The highest BCUT2D eigenvalue weighted by atomic mass is 79.9. The largest absolute Gasteiger partial charge is 0.307 e. The third-order valence-corrected chi connectivity index (χ3v) is 5.97. The van der Waals surface area contributed by atoms with Crippen molar-refractivity contribution in [3.63, 3.8) is 0 Å². The smallest absolute Gasteiger partial charge is 0.111 e. The number of fused-ring (bicyclic) bond motifs is 2. The number of halogens is 1.